The van der Waals surface area contributed by atoms with Gasteiger partial charge >= 0.3 is 12.0 Å². The summed E-state index contributed by atoms with van der Waals surface area (Å²) in [6.45, 7) is 6.51. The molecule has 2 amide bonds. The number of carbonyl (C=O) groups is 2. The first kappa shape index (κ1) is 15.4. The van der Waals surface area contributed by atoms with E-state index in [2.05, 4.69) is 0 Å². The minimum absolute atomic E-state index is 0.233. The van der Waals surface area contributed by atoms with Crippen molar-refractivity contribution < 1.29 is 14.7 Å². The van der Waals surface area contributed by atoms with Crippen molar-refractivity contribution in [1.29, 1.82) is 0 Å². The van der Waals surface area contributed by atoms with E-state index in [4.69, 9.17) is 0 Å². The number of hydrogen-bond acceptors (Lipinski definition) is 2. The number of aliphatic carboxylic acids is 1. The van der Waals surface area contributed by atoms with Gasteiger partial charge in [-0.05, 0) is 45.7 Å². The number of benzene rings is 1. The zero-order valence-corrected chi connectivity index (χ0v) is 12.8. The third kappa shape index (κ3) is 2.73. The van der Waals surface area contributed by atoms with E-state index in [1.165, 1.54) is 4.90 Å². The second-order valence-corrected chi connectivity index (χ2v) is 5.70. The standard InChI is InChI=1S/C16H22N2O3/c1-4-17(13-8-6-12(2)7-9-13)15(21)18-11-5-10-16(18,3)14(19)20/h6-9H,4-5,10-11H2,1-3H3,(H,19,20). The van der Waals surface area contributed by atoms with Crippen LogP contribution in [0.4, 0.5) is 10.5 Å². The Morgan fingerprint density at radius 2 is 1.95 bits per heavy atom. The van der Waals surface area contributed by atoms with Gasteiger partial charge in [-0.1, -0.05) is 17.7 Å². The van der Waals surface area contributed by atoms with E-state index >= 15 is 0 Å². The van der Waals surface area contributed by atoms with Crippen LogP contribution in [0.1, 0.15) is 32.3 Å². The first-order valence-corrected chi connectivity index (χ1v) is 7.29. The number of anilines is 1. The molecule has 0 saturated carbocycles. The van der Waals surface area contributed by atoms with Crippen molar-refractivity contribution in [3.8, 4) is 0 Å². The molecule has 1 fully saturated rings. The van der Waals surface area contributed by atoms with Gasteiger partial charge in [0.05, 0.1) is 0 Å². The quantitative estimate of drug-likeness (QED) is 0.931. The number of carbonyl (C=O) groups excluding carboxylic acids is 1. The smallest absolute Gasteiger partial charge is 0.329 e. The van der Waals surface area contributed by atoms with Crippen LogP contribution in [-0.4, -0.2) is 40.6 Å². The topological polar surface area (TPSA) is 60.9 Å². The highest BCUT2D eigenvalue weighted by atomic mass is 16.4. The molecule has 1 heterocycles. The van der Waals surface area contributed by atoms with Crippen LogP contribution in [-0.2, 0) is 4.79 Å². The predicted octanol–water partition coefficient (Wildman–Crippen LogP) is 2.88. The van der Waals surface area contributed by atoms with Gasteiger partial charge in [0, 0.05) is 18.8 Å². The average Bonchev–Trinajstić information content (AvgIpc) is 2.85. The van der Waals surface area contributed by atoms with Crippen molar-refractivity contribution in [2.24, 2.45) is 0 Å². The zero-order chi connectivity index (χ0) is 15.6. The van der Waals surface area contributed by atoms with Gasteiger partial charge in [-0.3, -0.25) is 4.90 Å². The summed E-state index contributed by atoms with van der Waals surface area (Å²) in [5, 5.41) is 9.44. The van der Waals surface area contributed by atoms with E-state index in [-0.39, 0.29) is 6.03 Å². The van der Waals surface area contributed by atoms with Crippen LogP contribution in [0.25, 0.3) is 0 Å². The van der Waals surface area contributed by atoms with E-state index in [0.29, 0.717) is 19.5 Å². The molecule has 5 heteroatoms. The van der Waals surface area contributed by atoms with E-state index in [0.717, 1.165) is 17.7 Å². The molecule has 21 heavy (non-hydrogen) atoms. The summed E-state index contributed by atoms with van der Waals surface area (Å²) in [5.41, 5.74) is 0.821. The molecule has 0 aliphatic carbocycles. The van der Waals surface area contributed by atoms with Crippen LogP contribution in [0.15, 0.2) is 24.3 Å². The zero-order valence-electron chi connectivity index (χ0n) is 12.8. The monoisotopic (exact) mass is 290 g/mol. The molecule has 1 N–H and O–H groups in total. The number of aryl methyl sites for hydroxylation is 1. The number of amides is 2. The van der Waals surface area contributed by atoms with Gasteiger partial charge in [0.1, 0.15) is 5.54 Å². The first-order chi connectivity index (χ1) is 9.90. The van der Waals surface area contributed by atoms with Crippen molar-refractivity contribution in [2.75, 3.05) is 18.0 Å². The lowest BCUT2D eigenvalue weighted by Gasteiger charge is -2.35. The molecular formula is C16H22N2O3. The maximum absolute atomic E-state index is 12.8. The number of hydrogen-bond donors (Lipinski definition) is 1. The fourth-order valence-electron chi connectivity index (χ4n) is 2.79. The van der Waals surface area contributed by atoms with E-state index in [9.17, 15) is 14.7 Å². The Balaban J connectivity index is 2.28. The van der Waals surface area contributed by atoms with E-state index in [1.807, 2.05) is 38.1 Å². The van der Waals surface area contributed by atoms with Crippen molar-refractivity contribution in [2.45, 2.75) is 39.2 Å². The maximum Gasteiger partial charge on any atom is 0.329 e. The SMILES string of the molecule is CCN(C(=O)N1CCCC1(C)C(=O)O)c1ccc(C)cc1. The summed E-state index contributed by atoms with van der Waals surface area (Å²) < 4.78 is 0. The molecule has 114 valence electrons. The van der Waals surface area contributed by atoms with Gasteiger partial charge in [-0.15, -0.1) is 0 Å². The van der Waals surface area contributed by atoms with Gasteiger partial charge in [0.25, 0.3) is 0 Å². The van der Waals surface area contributed by atoms with Crippen LogP contribution in [0.5, 0.6) is 0 Å². The molecule has 0 bridgehead atoms. The number of urea groups is 1. The molecule has 5 nitrogen and oxygen atoms in total. The first-order valence-electron chi connectivity index (χ1n) is 7.29. The average molecular weight is 290 g/mol. The molecule has 0 radical (unpaired) electrons. The summed E-state index contributed by atoms with van der Waals surface area (Å²) in [6, 6.07) is 7.45. The van der Waals surface area contributed by atoms with Crippen LogP contribution < -0.4 is 4.90 Å². The Morgan fingerprint density at radius 3 is 2.48 bits per heavy atom. The summed E-state index contributed by atoms with van der Waals surface area (Å²) >= 11 is 0. The lowest BCUT2D eigenvalue weighted by atomic mass is 9.99. The molecule has 2 rings (SSSR count). The van der Waals surface area contributed by atoms with Crippen LogP contribution in [0.2, 0.25) is 0 Å². The second-order valence-electron chi connectivity index (χ2n) is 5.70. The lowest BCUT2D eigenvalue weighted by Crippen LogP contribution is -2.55. The molecular weight excluding hydrogens is 268 g/mol. The molecule has 1 unspecified atom stereocenters. The molecule has 1 aromatic carbocycles. The summed E-state index contributed by atoms with van der Waals surface area (Å²) in [5.74, 6) is -0.937. The van der Waals surface area contributed by atoms with Gasteiger partial charge in [-0.2, -0.15) is 0 Å². The highest BCUT2D eigenvalue weighted by molar-refractivity contribution is 5.96. The second kappa shape index (κ2) is 5.76. The van der Waals surface area contributed by atoms with Crippen molar-refractivity contribution >= 4 is 17.7 Å². The van der Waals surface area contributed by atoms with Gasteiger partial charge in [0.15, 0.2) is 0 Å². The molecule has 1 aromatic rings. The van der Waals surface area contributed by atoms with Crippen LogP contribution in [0, 0.1) is 6.92 Å². The van der Waals surface area contributed by atoms with Crippen LogP contribution >= 0.6 is 0 Å². The Morgan fingerprint density at radius 1 is 1.33 bits per heavy atom. The minimum Gasteiger partial charge on any atom is -0.480 e. The summed E-state index contributed by atoms with van der Waals surface area (Å²) in [4.78, 5) is 27.4. The van der Waals surface area contributed by atoms with E-state index in [1.54, 1.807) is 11.8 Å². The highest BCUT2D eigenvalue weighted by Gasteiger charge is 2.47. The molecule has 0 spiro atoms. The summed E-state index contributed by atoms with van der Waals surface area (Å²) in [6.07, 6.45) is 1.22. The Labute approximate surface area is 125 Å². The van der Waals surface area contributed by atoms with Crippen LogP contribution in [0.3, 0.4) is 0 Å². The predicted molar refractivity (Wildman–Crippen MR) is 81.6 cm³/mol. The molecule has 1 aliphatic heterocycles. The van der Waals surface area contributed by atoms with Crippen molar-refractivity contribution in [3.05, 3.63) is 29.8 Å². The maximum atomic E-state index is 12.8. The van der Waals surface area contributed by atoms with Gasteiger partial charge in [0.2, 0.25) is 0 Å². The normalized spacial score (nSPS) is 21.4. The fraction of sp³-hybridized carbons (Fsp3) is 0.500. The molecule has 1 saturated heterocycles. The Bertz CT molecular complexity index is 541. The summed E-state index contributed by atoms with van der Waals surface area (Å²) in [7, 11) is 0. The Kier molecular flexibility index (Phi) is 4.21. The third-order valence-corrected chi connectivity index (χ3v) is 4.23. The molecule has 0 aromatic heterocycles. The van der Waals surface area contributed by atoms with E-state index < -0.39 is 11.5 Å². The number of carboxylic acid groups (broad SMARTS) is 1. The minimum atomic E-state index is -1.10. The van der Waals surface area contributed by atoms with Gasteiger partial charge < -0.3 is 10.0 Å². The number of likely N-dealkylation sites (tertiary alicyclic amines) is 1. The van der Waals surface area contributed by atoms with Crippen molar-refractivity contribution in [1.82, 2.24) is 4.90 Å². The largest absolute Gasteiger partial charge is 0.480 e. The highest BCUT2D eigenvalue weighted by Crippen LogP contribution is 2.31. The third-order valence-electron chi connectivity index (χ3n) is 4.23. The lowest BCUT2D eigenvalue weighted by molar-refractivity contribution is -0.147. The number of nitrogens with zero attached hydrogens (tertiary/aromatic N) is 2. The van der Waals surface area contributed by atoms with Gasteiger partial charge in [-0.25, -0.2) is 9.59 Å². The molecule has 1 atom stereocenters. The fourth-order valence-corrected chi connectivity index (χ4v) is 2.79. The number of rotatable bonds is 3. The van der Waals surface area contributed by atoms with Crippen molar-refractivity contribution in [3.63, 3.8) is 0 Å². The Hall–Kier alpha value is -2.04. The molecule has 1 aliphatic rings. The number of carboxylic acids is 1.